The van der Waals surface area contributed by atoms with E-state index < -0.39 is 5.60 Å². The number of hydrogen-bond donors (Lipinski definition) is 1. The summed E-state index contributed by atoms with van der Waals surface area (Å²) >= 11 is 0. The van der Waals surface area contributed by atoms with Crippen molar-refractivity contribution in [1.29, 1.82) is 0 Å². The minimum atomic E-state index is -0.831. The zero-order chi connectivity index (χ0) is 15.7. The van der Waals surface area contributed by atoms with Crippen LogP contribution < -0.4 is 10.1 Å². The largest absolute Gasteiger partial charge is 0.475 e. The fraction of sp³-hybridized carbons (Fsp3) is 0.600. The van der Waals surface area contributed by atoms with Crippen molar-refractivity contribution in [2.45, 2.75) is 32.8 Å². The predicted molar refractivity (Wildman–Crippen MR) is 80.6 cm³/mol. The zero-order valence-corrected chi connectivity index (χ0v) is 13.1. The van der Waals surface area contributed by atoms with E-state index in [4.69, 9.17) is 14.2 Å². The average molecular weight is 296 g/mol. The van der Waals surface area contributed by atoms with Crippen LogP contribution in [0.5, 0.6) is 5.88 Å². The first kappa shape index (κ1) is 17.4. The maximum atomic E-state index is 12.2. The van der Waals surface area contributed by atoms with Gasteiger partial charge >= 0.3 is 0 Å². The van der Waals surface area contributed by atoms with Crippen LogP contribution in [0.3, 0.4) is 0 Å². The maximum Gasteiger partial charge on any atom is 0.256 e. The van der Waals surface area contributed by atoms with E-state index in [1.54, 1.807) is 32.4 Å². The van der Waals surface area contributed by atoms with Crippen molar-refractivity contribution in [3.63, 3.8) is 0 Å². The van der Waals surface area contributed by atoms with Gasteiger partial charge in [-0.2, -0.15) is 0 Å². The first-order valence-electron chi connectivity index (χ1n) is 7.09. The lowest BCUT2D eigenvalue weighted by atomic mass is 10.0. The van der Waals surface area contributed by atoms with Crippen molar-refractivity contribution >= 4 is 11.6 Å². The van der Waals surface area contributed by atoms with Gasteiger partial charge in [-0.3, -0.25) is 4.79 Å². The summed E-state index contributed by atoms with van der Waals surface area (Å²) in [6.07, 6.45) is 2.15. The first-order chi connectivity index (χ1) is 10.1. The van der Waals surface area contributed by atoms with Gasteiger partial charge in [0.05, 0.1) is 18.5 Å². The number of nitrogens with one attached hydrogen (secondary N) is 1. The fourth-order valence-corrected chi connectivity index (χ4v) is 1.68. The number of pyridine rings is 1. The summed E-state index contributed by atoms with van der Waals surface area (Å²) in [5.74, 6) is 0.315. The molecule has 0 aromatic carbocycles. The second-order valence-corrected chi connectivity index (χ2v) is 4.70. The molecule has 6 heteroatoms. The van der Waals surface area contributed by atoms with Crippen LogP contribution in [0.4, 0.5) is 5.69 Å². The number of amides is 1. The highest BCUT2D eigenvalue weighted by Gasteiger charge is 2.31. The number of nitrogens with zero attached hydrogens (tertiary/aromatic N) is 1. The number of ether oxygens (including phenoxy) is 3. The van der Waals surface area contributed by atoms with Crippen molar-refractivity contribution < 1.29 is 19.0 Å². The van der Waals surface area contributed by atoms with Gasteiger partial charge in [0.15, 0.2) is 0 Å². The van der Waals surface area contributed by atoms with Gasteiger partial charge in [-0.1, -0.05) is 6.92 Å². The SMILES string of the molecule is CCO[C@@](C)(CC)C(=O)Nc1ccc(OCCOC)nc1. The molecule has 1 N–H and O–H groups in total. The number of methoxy groups -OCH3 is 1. The standard InChI is InChI=1S/C15H24N2O4/c1-5-15(3,21-6-2)14(18)17-12-7-8-13(16-11-12)20-10-9-19-4/h7-8,11H,5-6,9-10H2,1-4H3,(H,17,18)/t15-/m0/s1. The molecule has 0 saturated carbocycles. The normalized spacial score (nSPS) is 13.5. The van der Waals surface area contributed by atoms with Gasteiger partial charge in [-0.25, -0.2) is 4.98 Å². The lowest BCUT2D eigenvalue weighted by Crippen LogP contribution is -2.42. The van der Waals surface area contributed by atoms with Crippen LogP contribution in [0, 0.1) is 0 Å². The second kappa shape index (κ2) is 8.59. The van der Waals surface area contributed by atoms with Gasteiger partial charge in [0.2, 0.25) is 5.88 Å². The van der Waals surface area contributed by atoms with Crippen LogP contribution >= 0.6 is 0 Å². The van der Waals surface area contributed by atoms with E-state index in [1.807, 2.05) is 13.8 Å². The monoisotopic (exact) mass is 296 g/mol. The minimum Gasteiger partial charge on any atom is -0.475 e. The molecule has 1 heterocycles. The van der Waals surface area contributed by atoms with Crippen LogP contribution in [0.2, 0.25) is 0 Å². The Balaban J connectivity index is 2.60. The molecule has 21 heavy (non-hydrogen) atoms. The summed E-state index contributed by atoms with van der Waals surface area (Å²) in [6, 6.07) is 3.45. The molecule has 1 rings (SSSR count). The molecule has 1 amide bonds. The average Bonchev–Trinajstić information content (AvgIpc) is 2.49. The second-order valence-electron chi connectivity index (χ2n) is 4.70. The molecule has 0 fully saturated rings. The summed E-state index contributed by atoms with van der Waals surface area (Å²) in [5.41, 5.74) is -0.221. The van der Waals surface area contributed by atoms with E-state index in [-0.39, 0.29) is 5.91 Å². The highest BCUT2D eigenvalue weighted by Crippen LogP contribution is 2.19. The molecule has 0 spiro atoms. The third-order valence-electron chi connectivity index (χ3n) is 3.15. The molecule has 1 aromatic rings. The van der Waals surface area contributed by atoms with Crippen molar-refractivity contribution in [3.8, 4) is 5.88 Å². The molecule has 0 aliphatic heterocycles. The summed E-state index contributed by atoms with van der Waals surface area (Å²) < 4.78 is 15.8. The molecule has 1 aromatic heterocycles. The van der Waals surface area contributed by atoms with Crippen molar-refractivity contribution in [2.75, 3.05) is 32.2 Å². The van der Waals surface area contributed by atoms with Gasteiger partial charge in [0.1, 0.15) is 12.2 Å². The molecule has 0 aliphatic carbocycles. The van der Waals surface area contributed by atoms with Crippen LogP contribution in [0.15, 0.2) is 18.3 Å². The minimum absolute atomic E-state index is 0.179. The van der Waals surface area contributed by atoms with E-state index in [0.717, 1.165) is 0 Å². The first-order valence-corrected chi connectivity index (χ1v) is 7.09. The molecule has 0 bridgehead atoms. The number of anilines is 1. The fourth-order valence-electron chi connectivity index (χ4n) is 1.68. The number of carbonyl (C=O) groups is 1. The number of carbonyl (C=O) groups excluding carboxylic acids is 1. The van der Waals surface area contributed by atoms with E-state index >= 15 is 0 Å². The Hall–Kier alpha value is -1.66. The molecule has 118 valence electrons. The van der Waals surface area contributed by atoms with Crippen LogP contribution in [0.1, 0.15) is 27.2 Å². The van der Waals surface area contributed by atoms with Gasteiger partial charge in [-0.15, -0.1) is 0 Å². The Morgan fingerprint density at radius 2 is 2.10 bits per heavy atom. The Labute approximate surface area is 125 Å². The number of aromatic nitrogens is 1. The highest BCUT2D eigenvalue weighted by atomic mass is 16.5. The maximum absolute atomic E-state index is 12.2. The van der Waals surface area contributed by atoms with E-state index in [2.05, 4.69) is 10.3 Å². The summed E-state index contributed by atoms with van der Waals surface area (Å²) in [4.78, 5) is 16.4. The molecule has 0 radical (unpaired) electrons. The van der Waals surface area contributed by atoms with Crippen LogP contribution in [-0.4, -0.2) is 43.4 Å². The van der Waals surface area contributed by atoms with Gasteiger partial charge in [-0.05, 0) is 26.3 Å². The molecular weight excluding hydrogens is 272 g/mol. The van der Waals surface area contributed by atoms with Crippen LogP contribution in [-0.2, 0) is 14.3 Å². The molecule has 1 atom stereocenters. The Bertz CT molecular complexity index is 436. The van der Waals surface area contributed by atoms with E-state index in [1.165, 1.54) is 0 Å². The van der Waals surface area contributed by atoms with Gasteiger partial charge in [0, 0.05) is 19.8 Å². The zero-order valence-electron chi connectivity index (χ0n) is 13.1. The summed E-state index contributed by atoms with van der Waals surface area (Å²) in [6.45, 7) is 7.00. The molecule has 6 nitrogen and oxygen atoms in total. The van der Waals surface area contributed by atoms with Crippen molar-refractivity contribution in [2.24, 2.45) is 0 Å². The lowest BCUT2D eigenvalue weighted by Gasteiger charge is -2.26. The number of hydrogen-bond acceptors (Lipinski definition) is 5. The highest BCUT2D eigenvalue weighted by molar-refractivity contribution is 5.96. The number of rotatable bonds is 9. The van der Waals surface area contributed by atoms with Gasteiger partial charge < -0.3 is 19.5 Å². The van der Waals surface area contributed by atoms with Crippen LogP contribution in [0.25, 0.3) is 0 Å². The van der Waals surface area contributed by atoms with E-state index in [9.17, 15) is 4.79 Å². The smallest absolute Gasteiger partial charge is 0.256 e. The van der Waals surface area contributed by atoms with E-state index in [0.29, 0.717) is 37.8 Å². The predicted octanol–water partition coefficient (Wildman–Crippen LogP) is 2.25. The molecular formula is C15H24N2O4. The topological polar surface area (TPSA) is 69.7 Å². The Morgan fingerprint density at radius 1 is 1.33 bits per heavy atom. The van der Waals surface area contributed by atoms with Gasteiger partial charge in [0.25, 0.3) is 5.91 Å². The van der Waals surface area contributed by atoms with Crippen molar-refractivity contribution in [3.05, 3.63) is 18.3 Å². The molecule has 0 saturated heterocycles. The Morgan fingerprint density at radius 3 is 2.62 bits per heavy atom. The summed E-state index contributed by atoms with van der Waals surface area (Å²) in [7, 11) is 1.61. The van der Waals surface area contributed by atoms with Crippen molar-refractivity contribution in [1.82, 2.24) is 4.98 Å². The quantitative estimate of drug-likeness (QED) is 0.708. The summed E-state index contributed by atoms with van der Waals surface area (Å²) in [5, 5.41) is 2.81. The third-order valence-corrected chi connectivity index (χ3v) is 3.15. The molecule has 0 unspecified atom stereocenters. The molecule has 0 aliphatic rings. The lowest BCUT2D eigenvalue weighted by molar-refractivity contribution is -0.139. The third kappa shape index (κ3) is 5.32. The Kier molecular flexibility index (Phi) is 7.11.